The second-order valence-electron chi connectivity index (χ2n) is 3.85. The molecule has 2 aromatic heterocycles. The molecule has 92 valence electrons. The molecule has 1 unspecified atom stereocenters. The van der Waals surface area contributed by atoms with Crippen LogP contribution in [0.1, 0.15) is 17.6 Å². The molecule has 0 aliphatic rings. The van der Waals surface area contributed by atoms with E-state index in [9.17, 15) is 9.50 Å². The number of hydrogen-bond acceptors (Lipinski definition) is 3. The van der Waals surface area contributed by atoms with Crippen LogP contribution in [-0.4, -0.2) is 5.11 Å². The van der Waals surface area contributed by atoms with Crippen molar-refractivity contribution in [3.8, 4) is 0 Å². The Balaban J connectivity index is 2.06. The molecule has 3 rings (SSSR count). The Labute approximate surface area is 110 Å². The fourth-order valence-electron chi connectivity index (χ4n) is 1.80. The molecule has 1 aromatic carbocycles. The van der Waals surface area contributed by atoms with Gasteiger partial charge in [-0.05, 0) is 40.2 Å². The van der Waals surface area contributed by atoms with Crippen LogP contribution in [0.4, 0.5) is 4.39 Å². The molecule has 2 heterocycles. The summed E-state index contributed by atoms with van der Waals surface area (Å²) in [7, 11) is 0. The van der Waals surface area contributed by atoms with Crippen LogP contribution < -0.4 is 0 Å². The lowest BCUT2D eigenvalue weighted by Crippen LogP contribution is -1.95. The summed E-state index contributed by atoms with van der Waals surface area (Å²) in [6.07, 6.45) is -1.05. The smallest absolute Gasteiger partial charge is 0.170 e. The lowest BCUT2D eigenvalue weighted by atomic mass is 10.2. The van der Waals surface area contributed by atoms with E-state index in [-0.39, 0.29) is 11.3 Å². The van der Waals surface area contributed by atoms with Gasteiger partial charge in [0.2, 0.25) is 0 Å². The minimum absolute atomic E-state index is 0.136. The number of fused-ring (bicyclic) bond motifs is 1. The first-order valence-corrected chi connectivity index (χ1v) is 6.06. The number of aliphatic hydroxyl groups is 1. The van der Waals surface area contributed by atoms with Crippen LogP contribution in [0.15, 0.2) is 49.9 Å². The van der Waals surface area contributed by atoms with Gasteiger partial charge in [0.15, 0.2) is 22.2 Å². The van der Waals surface area contributed by atoms with Gasteiger partial charge in [0.25, 0.3) is 0 Å². The maximum absolute atomic E-state index is 13.5. The van der Waals surface area contributed by atoms with E-state index in [1.165, 1.54) is 6.07 Å². The zero-order valence-corrected chi connectivity index (χ0v) is 10.6. The van der Waals surface area contributed by atoms with Crippen molar-refractivity contribution in [1.82, 2.24) is 0 Å². The van der Waals surface area contributed by atoms with E-state index >= 15 is 0 Å². The van der Waals surface area contributed by atoms with E-state index in [0.717, 1.165) is 0 Å². The predicted octanol–water partition coefficient (Wildman–Crippen LogP) is 4.01. The van der Waals surface area contributed by atoms with Crippen molar-refractivity contribution in [2.45, 2.75) is 6.10 Å². The zero-order chi connectivity index (χ0) is 12.7. The summed E-state index contributed by atoms with van der Waals surface area (Å²) in [5.41, 5.74) is 0.136. The molecule has 0 aliphatic carbocycles. The Morgan fingerprint density at radius 1 is 1.11 bits per heavy atom. The monoisotopic (exact) mass is 310 g/mol. The third kappa shape index (κ3) is 1.85. The molecule has 1 atom stereocenters. The van der Waals surface area contributed by atoms with E-state index in [0.29, 0.717) is 15.8 Å². The van der Waals surface area contributed by atoms with Crippen molar-refractivity contribution < 1.29 is 18.3 Å². The topological polar surface area (TPSA) is 46.5 Å². The highest BCUT2D eigenvalue weighted by Gasteiger charge is 2.19. The van der Waals surface area contributed by atoms with E-state index < -0.39 is 11.9 Å². The summed E-state index contributed by atoms with van der Waals surface area (Å²) in [5.74, 6) is 0.130. The molecule has 0 bridgehead atoms. The summed E-state index contributed by atoms with van der Waals surface area (Å²) in [4.78, 5) is 0. The number of furan rings is 2. The number of para-hydroxylation sites is 1. The molecule has 0 radical (unpaired) electrons. The predicted molar refractivity (Wildman–Crippen MR) is 66.6 cm³/mol. The van der Waals surface area contributed by atoms with Crippen LogP contribution in [0.3, 0.4) is 0 Å². The molecule has 5 heteroatoms. The Morgan fingerprint density at radius 2 is 1.94 bits per heavy atom. The van der Waals surface area contributed by atoms with Crippen LogP contribution in [0.25, 0.3) is 11.0 Å². The van der Waals surface area contributed by atoms with Gasteiger partial charge in [-0.15, -0.1) is 0 Å². The second-order valence-corrected chi connectivity index (χ2v) is 4.63. The first-order valence-electron chi connectivity index (χ1n) is 5.26. The van der Waals surface area contributed by atoms with Crippen LogP contribution in [-0.2, 0) is 0 Å². The highest BCUT2D eigenvalue weighted by Crippen LogP contribution is 2.31. The highest BCUT2D eigenvalue weighted by molar-refractivity contribution is 9.10. The Kier molecular flexibility index (Phi) is 2.72. The molecule has 0 spiro atoms. The van der Waals surface area contributed by atoms with Gasteiger partial charge in [0.05, 0.1) is 0 Å². The average Bonchev–Trinajstić information content (AvgIpc) is 2.95. The van der Waals surface area contributed by atoms with E-state index in [2.05, 4.69) is 15.9 Å². The molecular weight excluding hydrogens is 303 g/mol. The van der Waals surface area contributed by atoms with E-state index in [4.69, 9.17) is 8.83 Å². The van der Waals surface area contributed by atoms with Gasteiger partial charge in [-0.2, -0.15) is 0 Å². The molecule has 0 fully saturated rings. The summed E-state index contributed by atoms with van der Waals surface area (Å²) in [6, 6.07) is 9.51. The van der Waals surface area contributed by atoms with Crippen molar-refractivity contribution in [3.05, 3.63) is 58.4 Å². The van der Waals surface area contributed by atoms with Crippen molar-refractivity contribution in [1.29, 1.82) is 0 Å². The molecular formula is C13H8BrFO3. The quantitative estimate of drug-likeness (QED) is 0.778. The summed E-state index contributed by atoms with van der Waals surface area (Å²) in [6.45, 7) is 0. The van der Waals surface area contributed by atoms with Crippen LogP contribution >= 0.6 is 15.9 Å². The fourth-order valence-corrected chi connectivity index (χ4v) is 2.12. The fraction of sp³-hybridized carbons (Fsp3) is 0.0769. The van der Waals surface area contributed by atoms with Gasteiger partial charge < -0.3 is 13.9 Å². The van der Waals surface area contributed by atoms with Gasteiger partial charge in [0.1, 0.15) is 11.5 Å². The zero-order valence-electron chi connectivity index (χ0n) is 9.06. The highest BCUT2D eigenvalue weighted by atomic mass is 79.9. The number of halogens is 2. The molecule has 0 amide bonds. The van der Waals surface area contributed by atoms with Gasteiger partial charge in [0, 0.05) is 5.39 Å². The lowest BCUT2D eigenvalue weighted by Gasteiger charge is -2.02. The number of benzene rings is 1. The molecule has 1 N–H and O–H groups in total. The summed E-state index contributed by atoms with van der Waals surface area (Å²) in [5, 5.41) is 10.7. The molecule has 3 nitrogen and oxygen atoms in total. The largest absolute Gasteiger partial charge is 0.455 e. The van der Waals surface area contributed by atoms with Crippen LogP contribution in [0.2, 0.25) is 0 Å². The number of hydrogen-bond donors (Lipinski definition) is 1. The van der Waals surface area contributed by atoms with Crippen LogP contribution in [0.5, 0.6) is 0 Å². The maximum atomic E-state index is 13.5. The van der Waals surface area contributed by atoms with E-state index in [1.54, 1.807) is 30.3 Å². The summed E-state index contributed by atoms with van der Waals surface area (Å²) >= 11 is 3.15. The van der Waals surface area contributed by atoms with Gasteiger partial charge in [-0.1, -0.05) is 12.1 Å². The summed E-state index contributed by atoms with van der Waals surface area (Å²) < 4.78 is 24.5. The van der Waals surface area contributed by atoms with Gasteiger partial charge >= 0.3 is 0 Å². The third-order valence-electron chi connectivity index (χ3n) is 2.65. The molecule has 18 heavy (non-hydrogen) atoms. The lowest BCUT2D eigenvalue weighted by molar-refractivity contribution is 0.163. The Bertz CT molecular complexity index is 701. The average molecular weight is 311 g/mol. The first kappa shape index (κ1) is 11.5. The number of aliphatic hydroxyl groups excluding tert-OH is 1. The third-order valence-corrected chi connectivity index (χ3v) is 3.07. The van der Waals surface area contributed by atoms with Crippen molar-refractivity contribution in [2.75, 3.05) is 0 Å². The van der Waals surface area contributed by atoms with Gasteiger partial charge in [-0.25, -0.2) is 4.39 Å². The van der Waals surface area contributed by atoms with E-state index in [1.807, 2.05) is 0 Å². The normalized spacial score (nSPS) is 13.1. The van der Waals surface area contributed by atoms with Crippen molar-refractivity contribution in [3.63, 3.8) is 0 Å². The standard InChI is InChI=1S/C13H8BrFO3/c14-11-5-4-9(17-11)12(16)10-6-7-2-1-3-8(15)13(7)18-10/h1-6,12,16H. The number of rotatable bonds is 2. The maximum Gasteiger partial charge on any atom is 0.170 e. The Hall–Kier alpha value is -1.59. The molecule has 0 saturated carbocycles. The first-order chi connectivity index (χ1) is 8.65. The minimum atomic E-state index is -1.05. The molecule has 0 aliphatic heterocycles. The van der Waals surface area contributed by atoms with Crippen LogP contribution in [0, 0.1) is 5.82 Å². The SMILES string of the molecule is OC(c1ccc(Br)o1)c1cc2cccc(F)c2o1. The Morgan fingerprint density at radius 3 is 2.61 bits per heavy atom. The van der Waals surface area contributed by atoms with Crippen molar-refractivity contribution in [2.24, 2.45) is 0 Å². The molecule has 3 aromatic rings. The minimum Gasteiger partial charge on any atom is -0.455 e. The second kappa shape index (κ2) is 4.26. The van der Waals surface area contributed by atoms with Gasteiger partial charge in [-0.3, -0.25) is 0 Å². The van der Waals surface area contributed by atoms with Crippen molar-refractivity contribution >= 4 is 26.9 Å². The molecule has 0 saturated heterocycles.